The number of nitrogens with zero attached hydrogens (tertiary/aromatic N) is 2. The maximum absolute atomic E-state index is 14.1. The van der Waals surface area contributed by atoms with E-state index in [-0.39, 0.29) is 34.6 Å². The summed E-state index contributed by atoms with van der Waals surface area (Å²) >= 11 is 6.11. The molecule has 0 atom stereocenters. The van der Waals surface area contributed by atoms with Gasteiger partial charge in [-0.15, -0.1) is 0 Å². The molecule has 39 heavy (non-hydrogen) atoms. The summed E-state index contributed by atoms with van der Waals surface area (Å²) in [5, 5.41) is 11.1. The topological polar surface area (TPSA) is 75.4 Å². The maximum atomic E-state index is 14.1. The number of phenols is 1. The zero-order chi connectivity index (χ0) is 27.7. The molecule has 0 spiro atoms. The predicted molar refractivity (Wildman–Crippen MR) is 141 cm³/mol. The largest absolute Gasteiger partial charge is 0.507 e. The maximum Gasteiger partial charge on any atom is 0.453 e. The van der Waals surface area contributed by atoms with Crippen molar-refractivity contribution in [1.29, 1.82) is 0 Å². The minimum Gasteiger partial charge on any atom is -0.507 e. The number of anilines is 1. The van der Waals surface area contributed by atoms with E-state index in [1.165, 1.54) is 37.4 Å². The Labute approximate surface area is 226 Å². The van der Waals surface area contributed by atoms with Crippen molar-refractivity contribution < 1.29 is 32.2 Å². The van der Waals surface area contributed by atoms with Crippen LogP contribution in [0.1, 0.15) is 11.3 Å². The van der Waals surface area contributed by atoms with Gasteiger partial charge in [0.25, 0.3) is 5.76 Å². The van der Waals surface area contributed by atoms with Crippen LogP contribution in [0.15, 0.2) is 69.9 Å². The molecule has 2 heterocycles. The Balaban J connectivity index is 1.48. The number of benzene rings is 3. The van der Waals surface area contributed by atoms with E-state index in [1.54, 1.807) is 12.1 Å². The number of hydrogen-bond donors (Lipinski definition) is 1. The molecule has 0 radical (unpaired) electrons. The summed E-state index contributed by atoms with van der Waals surface area (Å²) < 4.78 is 58.1. The number of hydrogen-bond acceptors (Lipinski definition) is 7. The van der Waals surface area contributed by atoms with E-state index in [1.807, 2.05) is 23.1 Å². The Morgan fingerprint density at radius 1 is 1.00 bits per heavy atom. The number of rotatable bonds is 6. The number of aromatic hydroxyl groups is 1. The predicted octanol–water partition coefficient (Wildman–Crippen LogP) is 6.29. The third-order valence-electron chi connectivity index (χ3n) is 6.54. The van der Waals surface area contributed by atoms with Gasteiger partial charge in [0, 0.05) is 49.5 Å². The first-order valence-corrected chi connectivity index (χ1v) is 12.5. The fourth-order valence-corrected chi connectivity index (χ4v) is 4.75. The van der Waals surface area contributed by atoms with Crippen molar-refractivity contribution in [3.8, 4) is 23.0 Å². The standard InChI is InChI=1S/C28H24ClF3N2O5/c1-37-19-6-3-7-20(15-19)38-26-24(36)21-8-9-23(35)22(25(21)39-27(26)28(30,31)32)16-33-10-12-34(13-11-33)18-5-2-4-17(29)14-18/h2-9,14-15,35H,10-13,16H2,1H3. The van der Waals surface area contributed by atoms with Crippen molar-refractivity contribution in [2.24, 2.45) is 0 Å². The van der Waals surface area contributed by atoms with Crippen LogP contribution in [0.2, 0.25) is 5.02 Å². The molecular formula is C28H24ClF3N2O5. The lowest BCUT2D eigenvalue weighted by molar-refractivity contribution is -0.154. The summed E-state index contributed by atoms with van der Waals surface area (Å²) in [4.78, 5) is 17.4. The van der Waals surface area contributed by atoms with E-state index < -0.39 is 23.1 Å². The summed E-state index contributed by atoms with van der Waals surface area (Å²) in [6.45, 7) is 2.50. The molecule has 0 aliphatic carbocycles. The summed E-state index contributed by atoms with van der Waals surface area (Å²) in [5.74, 6) is -2.52. The molecule has 0 unspecified atom stereocenters. The number of ether oxygens (including phenoxy) is 2. The highest BCUT2D eigenvalue weighted by atomic mass is 35.5. The molecular weight excluding hydrogens is 537 g/mol. The molecule has 0 amide bonds. The third kappa shape index (κ3) is 5.62. The average molecular weight is 561 g/mol. The van der Waals surface area contributed by atoms with E-state index in [4.69, 9.17) is 25.5 Å². The lowest BCUT2D eigenvalue weighted by atomic mass is 10.1. The molecule has 3 aromatic carbocycles. The van der Waals surface area contributed by atoms with Gasteiger partial charge in [0.05, 0.1) is 18.1 Å². The first-order chi connectivity index (χ1) is 18.6. The second-order valence-electron chi connectivity index (χ2n) is 9.05. The number of methoxy groups -OCH3 is 1. The van der Waals surface area contributed by atoms with Crippen molar-refractivity contribution in [1.82, 2.24) is 4.90 Å². The SMILES string of the molecule is COc1cccc(Oc2c(C(F)(F)F)oc3c(CN4CCN(c5cccc(Cl)c5)CC4)c(O)ccc3c2=O)c1. The van der Waals surface area contributed by atoms with Gasteiger partial charge >= 0.3 is 6.18 Å². The molecule has 204 valence electrons. The van der Waals surface area contributed by atoms with Gasteiger partial charge in [-0.25, -0.2) is 0 Å². The average Bonchev–Trinajstić information content (AvgIpc) is 2.91. The van der Waals surface area contributed by atoms with Gasteiger partial charge in [-0.2, -0.15) is 13.2 Å². The second-order valence-corrected chi connectivity index (χ2v) is 9.49. The van der Waals surface area contributed by atoms with Crippen LogP contribution in [0.4, 0.5) is 18.9 Å². The molecule has 5 rings (SSSR count). The van der Waals surface area contributed by atoms with E-state index in [0.29, 0.717) is 37.0 Å². The van der Waals surface area contributed by atoms with E-state index in [2.05, 4.69) is 4.90 Å². The van der Waals surface area contributed by atoms with Crippen molar-refractivity contribution >= 4 is 28.3 Å². The molecule has 7 nitrogen and oxygen atoms in total. The lowest BCUT2D eigenvalue weighted by Gasteiger charge is -2.36. The van der Waals surface area contributed by atoms with Crippen LogP contribution in [0, 0.1) is 0 Å². The summed E-state index contributed by atoms with van der Waals surface area (Å²) in [7, 11) is 1.40. The molecule has 1 saturated heterocycles. The Bertz CT molecular complexity index is 1570. The Morgan fingerprint density at radius 3 is 2.41 bits per heavy atom. The van der Waals surface area contributed by atoms with Gasteiger partial charge in [0.15, 0.2) is 0 Å². The van der Waals surface area contributed by atoms with E-state index in [0.717, 1.165) is 5.69 Å². The minimum atomic E-state index is -5.03. The smallest absolute Gasteiger partial charge is 0.453 e. The Morgan fingerprint density at radius 2 is 1.72 bits per heavy atom. The zero-order valence-corrected chi connectivity index (χ0v) is 21.6. The molecule has 1 fully saturated rings. The Kier molecular flexibility index (Phi) is 7.33. The third-order valence-corrected chi connectivity index (χ3v) is 6.78. The van der Waals surface area contributed by atoms with Crippen molar-refractivity contribution in [3.63, 3.8) is 0 Å². The van der Waals surface area contributed by atoms with Crippen molar-refractivity contribution in [3.05, 3.63) is 87.2 Å². The molecule has 1 aliphatic heterocycles. The van der Waals surface area contributed by atoms with Crippen LogP contribution in [0.25, 0.3) is 11.0 Å². The highest BCUT2D eigenvalue weighted by Gasteiger charge is 2.41. The summed E-state index contributed by atoms with van der Waals surface area (Å²) in [5.41, 5.74) is -0.264. The molecule has 1 aromatic heterocycles. The van der Waals surface area contributed by atoms with Gasteiger partial charge in [-0.3, -0.25) is 9.69 Å². The Hall–Kier alpha value is -3.89. The van der Waals surface area contributed by atoms with Crippen LogP contribution in [-0.4, -0.2) is 43.3 Å². The first kappa shape index (κ1) is 26.7. The second kappa shape index (κ2) is 10.7. The first-order valence-electron chi connectivity index (χ1n) is 12.1. The van der Waals surface area contributed by atoms with Crippen LogP contribution in [-0.2, 0) is 12.7 Å². The zero-order valence-electron chi connectivity index (χ0n) is 20.8. The number of alkyl halides is 3. The molecule has 1 N–H and O–H groups in total. The van der Waals surface area contributed by atoms with Crippen LogP contribution < -0.4 is 19.8 Å². The van der Waals surface area contributed by atoms with Crippen molar-refractivity contribution in [2.75, 3.05) is 38.2 Å². The molecule has 11 heteroatoms. The highest BCUT2D eigenvalue weighted by Crippen LogP contribution is 2.40. The van der Waals surface area contributed by atoms with Gasteiger partial charge in [-0.05, 0) is 42.5 Å². The molecule has 1 aliphatic rings. The van der Waals surface area contributed by atoms with Crippen LogP contribution >= 0.6 is 11.6 Å². The highest BCUT2D eigenvalue weighted by molar-refractivity contribution is 6.30. The summed E-state index contributed by atoms with van der Waals surface area (Å²) in [6, 6.07) is 15.9. The lowest BCUT2D eigenvalue weighted by Crippen LogP contribution is -2.46. The quantitative estimate of drug-likeness (QED) is 0.297. The van der Waals surface area contributed by atoms with Gasteiger partial charge in [0.2, 0.25) is 11.2 Å². The van der Waals surface area contributed by atoms with Gasteiger partial charge < -0.3 is 23.9 Å². The number of phenolic OH excluding ortho intramolecular Hbond substituents is 1. The fourth-order valence-electron chi connectivity index (χ4n) is 4.56. The van der Waals surface area contributed by atoms with Gasteiger partial charge in [-0.1, -0.05) is 23.7 Å². The number of fused-ring (bicyclic) bond motifs is 1. The van der Waals surface area contributed by atoms with Crippen LogP contribution in [0.3, 0.4) is 0 Å². The fraction of sp³-hybridized carbons (Fsp3) is 0.250. The van der Waals surface area contributed by atoms with Gasteiger partial charge in [0.1, 0.15) is 22.8 Å². The number of halogens is 4. The number of piperazine rings is 1. The normalized spacial score (nSPS) is 14.5. The molecule has 0 saturated carbocycles. The van der Waals surface area contributed by atoms with E-state index >= 15 is 0 Å². The van der Waals surface area contributed by atoms with E-state index in [9.17, 15) is 23.1 Å². The minimum absolute atomic E-state index is 0.0249. The molecule has 0 bridgehead atoms. The molecule has 4 aromatic rings. The van der Waals surface area contributed by atoms with Crippen LogP contribution in [0.5, 0.6) is 23.0 Å². The van der Waals surface area contributed by atoms with Crippen molar-refractivity contribution in [2.45, 2.75) is 12.7 Å². The monoisotopic (exact) mass is 560 g/mol. The summed E-state index contributed by atoms with van der Waals surface area (Å²) in [6.07, 6.45) is -5.03.